The predicted octanol–water partition coefficient (Wildman–Crippen LogP) is 3.92. The number of benzene rings is 1. The Bertz CT molecular complexity index is 1340. The van der Waals surface area contributed by atoms with Gasteiger partial charge >= 0.3 is 0 Å². The van der Waals surface area contributed by atoms with Crippen LogP contribution in [0, 0.1) is 19.7 Å². The lowest BCUT2D eigenvalue weighted by Crippen LogP contribution is -2.56. The number of nitrogens with one attached hydrogen (secondary N) is 1. The Hall–Kier alpha value is -3.11. The molecule has 1 saturated heterocycles. The van der Waals surface area contributed by atoms with E-state index in [0.717, 1.165) is 16.4 Å². The number of halogens is 1. The molecule has 1 aliphatic rings. The lowest BCUT2D eigenvalue weighted by molar-refractivity contribution is 0.0451. The van der Waals surface area contributed by atoms with Gasteiger partial charge in [0.15, 0.2) is 4.96 Å². The second-order valence-electron chi connectivity index (χ2n) is 7.67. The van der Waals surface area contributed by atoms with Crippen LogP contribution < -0.4 is 5.32 Å². The average Bonchev–Trinajstić information content (AvgIpc) is 3.41. The summed E-state index contributed by atoms with van der Waals surface area (Å²) in [6.45, 7) is 4.59. The highest BCUT2D eigenvalue weighted by atomic mass is 32.1. The first-order valence-corrected chi connectivity index (χ1v) is 11.9. The number of rotatable bonds is 5. The molecule has 4 heterocycles. The molecule has 0 saturated carbocycles. The third-order valence-corrected chi connectivity index (χ3v) is 7.35. The number of carbonyl (C=O) groups excluding carboxylic acids is 2. The van der Waals surface area contributed by atoms with Crippen LogP contribution in [0.3, 0.4) is 0 Å². The Morgan fingerprint density at radius 2 is 2.12 bits per heavy atom. The number of nitrogens with zero attached hydrogens (tertiary/aromatic N) is 4. The van der Waals surface area contributed by atoms with E-state index in [1.54, 1.807) is 21.4 Å². The van der Waals surface area contributed by atoms with Gasteiger partial charge in [-0.1, -0.05) is 12.1 Å². The van der Waals surface area contributed by atoms with Crippen molar-refractivity contribution in [2.75, 3.05) is 13.1 Å². The van der Waals surface area contributed by atoms with Crippen molar-refractivity contribution < 1.29 is 14.0 Å². The summed E-state index contributed by atoms with van der Waals surface area (Å²) in [5.41, 5.74) is 2.16. The Balaban J connectivity index is 1.31. The molecule has 1 N–H and O–H groups in total. The van der Waals surface area contributed by atoms with Crippen LogP contribution in [0.15, 0.2) is 35.8 Å². The lowest BCUT2D eigenvalue weighted by Gasteiger charge is -2.40. The molecule has 32 heavy (non-hydrogen) atoms. The summed E-state index contributed by atoms with van der Waals surface area (Å²) in [5, 5.41) is 5.58. The second-order valence-corrected chi connectivity index (χ2v) is 9.75. The molecule has 1 aliphatic heterocycles. The van der Waals surface area contributed by atoms with E-state index in [0.29, 0.717) is 40.6 Å². The number of aryl methyl sites for hydroxylation is 2. The van der Waals surface area contributed by atoms with E-state index in [9.17, 15) is 14.0 Å². The van der Waals surface area contributed by atoms with Crippen LogP contribution in [0.25, 0.3) is 15.4 Å². The van der Waals surface area contributed by atoms with Gasteiger partial charge in [0.05, 0.1) is 21.6 Å². The van der Waals surface area contributed by atoms with E-state index in [1.807, 2.05) is 25.4 Å². The highest BCUT2D eigenvalue weighted by Gasteiger charge is 2.35. The first kappa shape index (κ1) is 20.8. The predicted molar refractivity (Wildman–Crippen MR) is 122 cm³/mol. The van der Waals surface area contributed by atoms with Crippen LogP contribution >= 0.6 is 22.7 Å². The molecule has 0 aliphatic carbocycles. The molecule has 5 rings (SSSR count). The second kappa shape index (κ2) is 8.10. The number of thiazole rings is 2. The zero-order chi connectivity index (χ0) is 22.4. The van der Waals surface area contributed by atoms with Crippen LogP contribution in [-0.2, 0) is 0 Å². The first-order chi connectivity index (χ1) is 15.4. The maximum atomic E-state index is 13.7. The van der Waals surface area contributed by atoms with Gasteiger partial charge in [0.25, 0.3) is 11.8 Å². The minimum absolute atomic E-state index is 0.111. The Labute approximate surface area is 191 Å². The van der Waals surface area contributed by atoms with Gasteiger partial charge in [-0.2, -0.15) is 0 Å². The van der Waals surface area contributed by atoms with Crippen molar-refractivity contribution in [3.05, 3.63) is 63.7 Å². The van der Waals surface area contributed by atoms with E-state index in [2.05, 4.69) is 15.3 Å². The normalized spacial score (nSPS) is 15.7. The van der Waals surface area contributed by atoms with Crippen LogP contribution in [0.1, 0.15) is 38.1 Å². The van der Waals surface area contributed by atoms with Crippen LogP contribution in [0.4, 0.5) is 4.39 Å². The van der Waals surface area contributed by atoms with Gasteiger partial charge in [0.2, 0.25) is 0 Å². The molecule has 164 valence electrons. The highest BCUT2D eigenvalue weighted by Crippen LogP contribution is 2.33. The Kier molecular flexibility index (Phi) is 5.26. The van der Waals surface area contributed by atoms with Gasteiger partial charge in [-0.15, -0.1) is 22.7 Å². The fourth-order valence-corrected chi connectivity index (χ4v) is 5.58. The molecule has 3 aromatic heterocycles. The van der Waals surface area contributed by atoms with Crippen molar-refractivity contribution in [2.45, 2.75) is 26.3 Å². The van der Waals surface area contributed by atoms with Crippen molar-refractivity contribution in [2.24, 2.45) is 0 Å². The molecule has 10 heteroatoms. The zero-order valence-corrected chi connectivity index (χ0v) is 19.1. The molecule has 2 amide bonds. The third kappa shape index (κ3) is 3.59. The summed E-state index contributed by atoms with van der Waals surface area (Å²) in [4.78, 5) is 38.0. The highest BCUT2D eigenvalue weighted by molar-refractivity contribution is 7.15. The number of fused-ring (bicyclic) bond motifs is 1. The van der Waals surface area contributed by atoms with Crippen LogP contribution in [-0.4, -0.2) is 50.2 Å². The fraction of sp³-hybridized carbons (Fsp3) is 0.273. The van der Waals surface area contributed by atoms with E-state index >= 15 is 0 Å². The van der Waals surface area contributed by atoms with Crippen molar-refractivity contribution in [1.29, 1.82) is 0 Å². The molecule has 0 radical (unpaired) electrons. The smallest absolute Gasteiger partial charge is 0.274 e. The van der Waals surface area contributed by atoms with E-state index in [-0.39, 0.29) is 23.7 Å². The Morgan fingerprint density at radius 3 is 2.88 bits per heavy atom. The number of amides is 2. The van der Waals surface area contributed by atoms with Gasteiger partial charge in [-0.25, -0.2) is 14.4 Å². The number of aromatic nitrogens is 3. The van der Waals surface area contributed by atoms with Crippen LogP contribution in [0.2, 0.25) is 0 Å². The fourth-order valence-electron chi connectivity index (χ4n) is 3.92. The summed E-state index contributed by atoms with van der Waals surface area (Å²) in [6, 6.07) is 6.08. The quantitative estimate of drug-likeness (QED) is 0.481. The molecule has 1 fully saturated rings. The van der Waals surface area contributed by atoms with Crippen molar-refractivity contribution in [3.8, 4) is 10.4 Å². The van der Waals surface area contributed by atoms with Gasteiger partial charge < -0.3 is 10.2 Å². The number of imidazole rings is 1. The SMILES string of the molecule is Cc1nc(C(=O)N2CCC2CNC(=O)c2c(C)nc3sccn23)c(-c2cccc(F)c2)s1. The monoisotopic (exact) mass is 469 g/mol. The number of carbonyl (C=O) groups is 2. The Morgan fingerprint density at radius 1 is 1.28 bits per heavy atom. The van der Waals surface area contributed by atoms with E-state index in [4.69, 9.17) is 0 Å². The van der Waals surface area contributed by atoms with Crippen molar-refractivity contribution in [3.63, 3.8) is 0 Å². The largest absolute Gasteiger partial charge is 0.349 e. The summed E-state index contributed by atoms with van der Waals surface area (Å²) >= 11 is 2.85. The molecule has 7 nitrogen and oxygen atoms in total. The van der Waals surface area contributed by atoms with Crippen LogP contribution in [0.5, 0.6) is 0 Å². The summed E-state index contributed by atoms with van der Waals surface area (Å²) in [5.74, 6) is -0.760. The van der Waals surface area contributed by atoms with Gasteiger partial charge in [0, 0.05) is 24.7 Å². The van der Waals surface area contributed by atoms with Crippen molar-refractivity contribution >= 4 is 39.4 Å². The summed E-state index contributed by atoms with van der Waals surface area (Å²) in [6.07, 6.45) is 2.62. The maximum absolute atomic E-state index is 13.7. The van der Waals surface area contributed by atoms with Gasteiger partial charge in [0.1, 0.15) is 17.2 Å². The van der Waals surface area contributed by atoms with Gasteiger partial charge in [-0.05, 0) is 38.0 Å². The minimum atomic E-state index is -0.355. The molecule has 0 bridgehead atoms. The average molecular weight is 470 g/mol. The maximum Gasteiger partial charge on any atom is 0.274 e. The van der Waals surface area contributed by atoms with Gasteiger partial charge in [-0.3, -0.25) is 14.0 Å². The first-order valence-electron chi connectivity index (χ1n) is 10.2. The number of likely N-dealkylation sites (tertiary alicyclic amines) is 1. The summed E-state index contributed by atoms with van der Waals surface area (Å²) < 4.78 is 15.5. The molecule has 1 aromatic carbocycles. The van der Waals surface area contributed by atoms with E-state index < -0.39 is 0 Å². The van der Waals surface area contributed by atoms with Crippen molar-refractivity contribution in [1.82, 2.24) is 24.6 Å². The molecular weight excluding hydrogens is 449 g/mol. The molecule has 4 aromatic rings. The standard InChI is InChI=1S/C22H20FN5O2S2/c1-12-18(28-8-9-31-22(28)25-12)20(29)24-11-16-6-7-27(16)21(30)17-19(32-13(2)26-17)14-4-3-5-15(23)10-14/h3-5,8-10,16H,6-7,11H2,1-2H3,(H,24,29). The third-order valence-electron chi connectivity index (χ3n) is 5.58. The number of hydrogen-bond donors (Lipinski definition) is 1. The number of hydrogen-bond acceptors (Lipinski definition) is 6. The van der Waals surface area contributed by atoms with E-state index in [1.165, 1.54) is 34.8 Å². The lowest BCUT2D eigenvalue weighted by atomic mass is 10.0. The molecular formula is C22H20FN5O2S2. The minimum Gasteiger partial charge on any atom is -0.349 e. The zero-order valence-electron chi connectivity index (χ0n) is 17.5. The molecule has 1 unspecified atom stereocenters. The topological polar surface area (TPSA) is 79.6 Å². The molecule has 0 spiro atoms. The molecule has 1 atom stereocenters. The summed E-state index contributed by atoms with van der Waals surface area (Å²) in [7, 11) is 0.